The molecule has 2 N–H and O–H groups in total. The largest absolute Gasteiger partial charge is 0.460 e. The Labute approximate surface area is 200 Å². The number of nitrogens with one attached hydrogen (secondary N) is 1. The van der Waals surface area contributed by atoms with Crippen LogP contribution in [0.2, 0.25) is 0 Å². The van der Waals surface area contributed by atoms with E-state index in [9.17, 15) is 14.7 Å². The molecule has 34 heavy (non-hydrogen) atoms. The summed E-state index contributed by atoms with van der Waals surface area (Å²) in [6.45, 7) is 3.97. The summed E-state index contributed by atoms with van der Waals surface area (Å²) >= 11 is 0. The number of anilines is 1. The lowest BCUT2D eigenvalue weighted by Gasteiger charge is -2.31. The molecule has 8 heteroatoms. The van der Waals surface area contributed by atoms with Crippen LogP contribution < -0.4 is 10.1 Å². The van der Waals surface area contributed by atoms with Crippen molar-refractivity contribution >= 4 is 17.6 Å². The van der Waals surface area contributed by atoms with Crippen molar-refractivity contribution in [1.29, 1.82) is 0 Å². The molecule has 182 valence electrons. The van der Waals surface area contributed by atoms with Gasteiger partial charge in [0.2, 0.25) is 5.91 Å². The molecular formula is C26H34N4O4. The number of hydrogen-bond donors (Lipinski definition) is 2. The first-order valence-corrected chi connectivity index (χ1v) is 12.1. The standard InChI is InChI=1S/C26H34N4O4/c1-26(2,33)18-29-14-13-23(28-29)27-25(32)22(15-19-9-5-3-6-10-19)30-17-21(16-24(30)31)34-20-11-7-4-8-12-20/h4,7-8,11-14,16,19,22,33H,3,5-6,9-10,15,17-18H2,1-2H3,(H,27,28,32)/t22-/m0/s1. The third-order valence-electron chi connectivity index (χ3n) is 6.29. The van der Waals surface area contributed by atoms with Crippen LogP contribution >= 0.6 is 0 Å². The molecule has 4 rings (SSSR count). The second kappa shape index (κ2) is 10.4. The average molecular weight is 467 g/mol. The van der Waals surface area contributed by atoms with Crippen LogP contribution in [0, 0.1) is 5.92 Å². The quantitative estimate of drug-likeness (QED) is 0.587. The van der Waals surface area contributed by atoms with Crippen molar-refractivity contribution in [3.05, 3.63) is 54.4 Å². The normalized spacial score (nSPS) is 18.0. The topological polar surface area (TPSA) is 96.7 Å². The Morgan fingerprint density at radius 1 is 1.21 bits per heavy atom. The van der Waals surface area contributed by atoms with E-state index in [1.807, 2.05) is 30.3 Å². The van der Waals surface area contributed by atoms with Gasteiger partial charge in [0.05, 0.1) is 18.7 Å². The predicted octanol–water partition coefficient (Wildman–Crippen LogP) is 3.74. The fraction of sp³-hybridized carbons (Fsp3) is 0.500. The monoisotopic (exact) mass is 466 g/mol. The molecule has 2 aliphatic rings. The number of carbonyl (C=O) groups is 2. The van der Waals surface area contributed by atoms with E-state index in [1.165, 1.54) is 12.5 Å². The van der Waals surface area contributed by atoms with Crippen molar-refractivity contribution in [2.45, 2.75) is 70.6 Å². The highest BCUT2D eigenvalue weighted by atomic mass is 16.5. The molecule has 1 atom stereocenters. The molecule has 0 bridgehead atoms. The molecule has 2 amide bonds. The van der Waals surface area contributed by atoms with Gasteiger partial charge >= 0.3 is 0 Å². The first kappa shape index (κ1) is 24.0. The van der Waals surface area contributed by atoms with Gasteiger partial charge in [-0.25, -0.2) is 0 Å². The van der Waals surface area contributed by atoms with Gasteiger partial charge in [-0.1, -0.05) is 50.3 Å². The summed E-state index contributed by atoms with van der Waals surface area (Å²) < 4.78 is 7.49. The van der Waals surface area contributed by atoms with Gasteiger partial charge in [-0.05, 0) is 38.3 Å². The number of hydrogen-bond acceptors (Lipinski definition) is 5. The first-order valence-electron chi connectivity index (χ1n) is 12.1. The Balaban J connectivity index is 1.46. The van der Waals surface area contributed by atoms with Crippen molar-refractivity contribution in [3.63, 3.8) is 0 Å². The molecule has 0 radical (unpaired) electrons. The molecule has 8 nitrogen and oxygen atoms in total. The number of nitrogens with zero attached hydrogens (tertiary/aromatic N) is 3. The van der Waals surface area contributed by atoms with Crippen LogP contribution in [0.3, 0.4) is 0 Å². The van der Waals surface area contributed by atoms with Gasteiger partial charge < -0.3 is 20.1 Å². The van der Waals surface area contributed by atoms with Crippen LogP contribution in [0.15, 0.2) is 54.4 Å². The van der Waals surface area contributed by atoms with Gasteiger partial charge in [-0.2, -0.15) is 5.10 Å². The number of aliphatic hydroxyl groups is 1. The number of benzene rings is 1. The molecule has 1 saturated carbocycles. The zero-order valence-corrected chi connectivity index (χ0v) is 19.9. The Morgan fingerprint density at radius 2 is 1.94 bits per heavy atom. The van der Waals surface area contributed by atoms with Crippen molar-refractivity contribution in [3.8, 4) is 5.75 Å². The Hall–Kier alpha value is -3.13. The second-order valence-electron chi connectivity index (χ2n) is 9.95. The molecule has 2 heterocycles. The predicted molar refractivity (Wildman–Crippen MR) is 129 cm³/mol. The highest BCUT2D eigenvalue weighted by Gasteiger charge is 2.36. The maximum atomic E-state index is 13.4. The van der Waals surface area contributed by atoms with Gasteiger partial charge in [0.15, 0.2) is 5.82 Å². The third kappa shape index (κ3) is 6.47. The zero-order chi connectivity index (χ0) is 24.1. The molecule has 1 aliphatic carbocycles. The van der Waals surface area contributed by atoms with Crippen molar-refractivity contribution < 1.29 is 19.4 Å². The van der Waals surface area contributed by atoms with Gasteiger partial charge in [0.25, 0.3) is 5.91 Å². The van der Waals surface area contributed by atoms with E-state index in [0.717, 1.165) is 25.7 Å². The fourth-order valence-electron chi connectivity index (χ4n) is 4.71. The number of carbonyl (C=O) groups excluding carboxylic acids is 2. The van der Waals surface area contributed by atoms with E-state index in [-0.39, 0.29) is 18.4 Å². The van der Waals surface area contributed by atoms with Gasteiger partial charge in [0.1, 0.15) is 17.6 Å². The summed E-state index contributed by atoms with van der Waals surface area (Å²) in [5, 5.41) is 17.3. The number of amides is 2. The van der Waals surface area contributed by atoms with Crippen molar-refractivity contribution in [2.75, 3.05) is 11.9 Å². The highest BCUT2D eigenvalue weighted by molar-refractivity contribution is 5.99. The SMILES string of the molecule is CC(C)(O)Cn1ccc(NC(=O)[C@H](CC2CCCCC2)N2CC(Oc3ccccc3)=CC2=O)n1. The van der Waals surface area contributed by atoms with Gasteiger partial charge in [-0.3, -0.25) is 14.3 Å². The maximum Gasteiger partial charge on any atom is 0.251 e. The maximum absolute atomic E-state index is 13.4. The molecule has 0 unspecified atom stereocenters. The number of rotatable bonds is 9. The molecule has 1 fully saturated rings. The minimum atomic E-state index is -0.917. The molecule has 1 aromatic carbocycles. The minimum absolute atomic E-state index is 0.213. The number of aromatic nitrogens is 2. The van der Waals surface area contributed by atoms with E-state index >= 15 is 0 Å². The molecule has 1 aromatic heterocycles. The average Bonchev–Trinajstić information content (AvgIpc) is 3.37. The summed E-state index contributed by atoms with van der Waals surface area (Å²) in [5.41, 5.74) is -0.917. The summed E-state index contributed by atoms with van der Waals surface area (Å²) in [4.78, 5) is 27.9. The van der Waals surface area contributed by atoms with Crippen molar-refractivity contribution in [2.24, 2.45) is 5.92 Å². The zero-order valence-electron chi connectivity index (χ0n) is 19.9. The summed E-state index contributed by atoms with van der Waals surface area (Å²) in [6, 6.07) is 10.4. The lowest BCUT2D eigenvalue weighted by atomic mass is 9.84. The molecule has 0 spiro atoms. The van der Waals surface area contributed by atoms with Crippen LogP contribution in [-0.2, 0) is 16.1 Å². The van der Waals surface area contributed by atoms with E-state index in [4.69, 9.17) is 4.74 Å². The van der Waals surface area contributed by atoms with Crippen LogP contribution in [0.25, 0.3) is 0 Å². The van der Waals surface area contributed by atoms with Crippen LogP contribution in [0.1, 0.15) is 52.4 Å². The van der Waals surface area contributed by atoms with Gasteiger partial charge in [-0.15, -0.1) is 0 Å². The summed E-state index contributed by atoms with van der Waals surface area (Å²) in [7, 11) is 0. The van der Waals surface area contributed by atoms with Crippen LogP contribution in [0.5, 0.6) is 5.75 Å². The van der Waals surface area contributed by atoms with E-state index in [0.29, 0.717) is 36.2 Å². The Kier molecular flexibility index (Phi) is 7.36. The molecule has 1 aliphatic heterocycles. The molecule has 0 saturated heterocycles. The lowest BCUT2D eigenvalue weighted by molar-refractivity contribution is -0.134. The van der Waals surface area contributed by atoms with Crippen LogP contribution in [-0.4, -0.2) is 49.8 Å². The number of ether oxygens (including phenoxy) is 1. The Bertz CT molecular complexity index is 1020. The smallest absolute Gasteiger partial charge is 0.251 e. The van der Waals surface area contributed by atoms with E-state index < -0.39 is 11.6 Å². The van der Waals surface area contributed by atoms with Gasteiger partial charge in [0, 0.05) is 18.3 Å². The Morgan fingerprint density at radius 3 is 2.65 bits per heavy atom. The van der Waals surface area contributed by atoms with E-state index in [1.54, 1.807) is 35.7 Å². The molecule has 2 aromatic rings. The third-order valence-corrected chi connectivity index (χ3v) is 6.29. The van der Waals surface area contributed by atoms with E-state index in [2.05, 4.69) is 10.4 Å². The minimum Gasteiger partial charge on any atom is -0.460 e. The second-order valence-corrected chi connectivity index (χ2v) is 9.95. The summed E-state index contributed by atoms with van der Waals surface area (Å²) in [5.74, 6) is 1.55. The summed E-state index contributed by atoms with van der Waals surface area (Å²) in [6.07, 6.45) is 9.52. The highest BCUT2D eigenvalue weighted by Crippen LogP contribution is 2.30. The van der Waals surface area contributed by atoms with Crippen molar-refractivity contribution in [1.82, 2.24) is 14.7 Å². The first-order chi connectivity index (χ1) is 16.3. The lowest BCUT2D eigenvalue weighted by Crippen LogP contribution is -2.46. The van der Waals surface area contributed by atoms with Crippen LogP contribution in [0.4, 0.5) is 5.82 Å². The fourth-order valence-corrected chi connectivity index (χ4v) is 4.71. The number of para-hydroxylation sites is 1. The molecular weight excluding hydrogens is 432 g/mol.